The summed E-state index contributed by atoms with van der Waals surface area (Å²) in [6.07, 6.45) is 0.687. The van der Waals surface area contributed by atoms with Gasteiger partial charge in [-0.3, -0.25) is 4.79 Å². The average molecular weight is 355 g/mol. The number of esters is 1. The normalized spacial score (nSPS) is 14.9. The molecule has 1 heterocycles. The van der Waals surface area contributed by atoms with Crippen LogP contribution in [0.5, 0.6) is 0 Å². The van der Waals surface area contributed by atoms with Gasteiger partial charge in [-0.2, -0.15) is 0 Å². The molecule has 0 aliphatic carbocycles. The van der Waals surface area contributed by atoms with E-state index in [2.05, 4.69) is 14.8 Å². The maximum absolute atomic E-state index is 12.4. The number of hydrogen-bond acceptors (Lipinski definition) is 5. The third-order valence-corrected chi connectivity index (χ3v) is 4.27. The van der Waals surface area contributed by atoms with Gasteiger partial charge in [0.05, 0.1) is 30.5 Å². The number of anilines is 1. The second kappa shape index (κ2) is 8.01. The lowest BCUT2D eigenvalue weighted by Crippen LogP contribution is -2.41. The van der Waals surface area contributed by atoms with Gasteiger partial charge in [-0.05, 0) is 31.0 Å². The van der Waals surface area contributed by atoms with Crippen molar-refractivity contribution >= 4 is 35.3 Å². The molecule has 1 aliphatic rings. The molecular weight excluding hydrogens is 336 g/mol. The molecular formula is C16H19ClN2O5. The molecule has 1 aliphatic heterocycles. The zero-order valence-corrected chi connectivity index (χ0v) is 14.3. The van der Waals surface area contributed by atoms with E-state index in [0.717, 1.165) is 0 Å². The maximum atomic E-state index is 12.4. The molecule has 7 nitrogen and oxygen atoms in total. The summed E-state index contributed by atoms with van der Waals surface area (Å²) in [6, 6.07) is 4.54. The van der Waals surface area contributed by atoms with Crippen molar-refractivity contribution in [3.05, 3.63) is 28.8 Å². The van der Waals surface area contributed by atoms with Gasteiger partial charge in [0.15, 0.2) is 0 Å². The van der Waals surface area contributed by atoms with Gasteiger partial charge in [0.25, 0.3) is 0 Å². The van der Waals surface area contributed by atoms with Crippen LogP contribution in [0.1, 0.15) is 23.2 Å². The van der Waals surface area contributed by atoms with Gasteiger partial charge in [-0.1, -0.05) is 11.6 Å². The van der Waals surface area contributed by atoms with E-state index in [0.29, 0.717) is 42.2 Å². The Morgan fingerprint density at radius 2 is 1.83 bits per heavy atom. The molecule has 0 spiro atoms. The number of amides is 2. The highest BCUT2D eigenvalue weighted by Gasteiger charge is 2.28. The van der Waals surface area contributed by atoms with Crippen LogP contribution in [0, 0.1) is 5.92 Å². The molecule has 2 amide bonds. The van der Waals surface area contributed by atoms with E-state index in [1.807, 2.05) is 0 Å². The highest BCUT2D eigenvalue weighted by atomic mass is 35.5. The van der Waals surface area contributed by atoms with Gasteiger partial charge in [0.2, 0.25) is 5.91 Å². The lowest BCUT2D eigenvalue weighted by atomic mass is 9.96. The van der Waals surface area contributed by atoms with Crippen molar-refractivity contribution in [1.82, 2.24) is 4.90 Å². The first-order chi connectivity index (χ1) is 11.5. The second-order valence-electron chi connectivity index (χ2n) is 5.41. The molecule has 130 valence electrons. The molecule has 0 aromatic heterocycles. The Labute approximate surface area is 144 Å². The number of ether oxygens (including phenoxy) is 2. The van der Waals surface area contributed by atoms with Gasteiger partial charge in [0.1, 0.15) is 0 Å². The SMILES string of the molecule is COC(=O)c1ccc(Cl)c(NC(=O)C2CCN(C(=O)OC)CC2)c1. The van der Waals surface area contributed by atoms with Crippen LogP contribution in [0.4, 0.5) is 10.5 Å². The predicted molar refractivity (Wildman–Crippen MR) is 88.1 cm³/mol. The minimum absolute atomic E-state index is 0.191. The minimum Gasteiger partial charge on any atom is -0.465 e. The zero-order chi connectivity index (χ0) is 17.7. The summed E-state index contributed by atoms with van der Waals surface area (Å²) < 4.78 is 9.32. The number of halogens is 1. The Bertz CT molecular complexity index is 641. The number of methoxy groups -OCH3 is 2. The lowest BCUT2D eigenvalue weighted by Gasteiger charge is -2.30. The number of nitrogens with one attached hydrogen (secondary N) is 1. The van der Waals surface area contributed by atoms with Crippen LogP contribution in [0.3, 0.4) is 0 Å². The van der Waals surface area contributed by atoms with Crippen LogP contribution in [-0.4, -0.2) is 50.2 Å². The molecule has 0 unspecified atom stereocenters. The van der Waals surface area contributed by atoms with E-state index in [1.165, 1.54) is 32.4 Å². The van der Waals surface area contributed by atoms with Crippen molar-refractivity contribution in [2.24, 2.45) is 5.92 Å². The Balaban J connectivity index is 2.00. The van der Waals surface area contributed by atoms with Crippen molar-refractivity contribution in [3.63, 3.8) is 0 Å². The van der Waals surface area contributed by atoms with Crippen molar-refractivity contribution in [2.75, 3.05) is 32.6 Å². The van der Waals surface area contributed by atoms with E-state index in [9.17, 15) is 14.4 Å². The number of benzene rings is 1. The molecule has 2 rings (SSSR count). The Kier molecular flexibility index (Phi) is 6.03. The first-order valence-electron chi connectivity index (χ1n) is 7.48. The number of rotatable bonds is 3. The highest BCUT2D eigenvalue weighted by molar-refractivity contribution is 6.33. The zero-order valence-electron chi connectivity index (χ0n) is 13.5. The molecule has 1 N–H and O–H groups in total. The van der Waals surface area contributed by atoms with Gasteiger partial charge in [0, 0.05) is 19.0 Å². The van der Waals surface area contributed by atoms with E-state index < -0.39 is 5.97 Å². The summed E-state index contributed by atoms with van der Waals surface area (Å²) in [5.41, 5.74) is 0.665. The van der Waals surface area contributed by atoms with Crippen LogP contribution < -0.4 is 5.32 Å². The van der Waals surface area contributed by atoms with Crippen molar-refractivity contribution in [1.29, 1.82) is 0 Å². The van der Waals surface area contributed by atoms with Crippen molar-refractivity contribution in [3.8, 4) is 0 Å². The molecule has 8 heteroatoms. The number of hydrogen-bond donors (Lipinski definition) is 1. The molecule has 0 radical (unpaired) electrons. The predicted octanol–water partition coefficient (Wildman–Crippen LogP) is 2.54. The summed E-state index contributed by atoms with van der Waals surface area (Å²) in [5, 5.41) is 3.08. The minimum atomic E-state index is -0.506. The Morgan fingerprint density at radius 3 is 2.42 bits per heavy atom. The summed E-state index contributed by atoms with van der Waals surface area (Å²) in [6.45, 7) is 0.918. The number of nitrogens with zero attached hydrogens (tertiary/aromatic N) is 1. The number of carbonyl (C=O) groups excluding carboxylic acids is 3. The summed E-state index contributed by atoms with van der Waals surface area (Å²) >= 11 is 6.07. The van der Waals surface area contributed by atoms with Crippen LogP contribution in [0.25, 0.3) is 0 Å². The molecule has 1 aromatic carbocycles. The average Bonchev–Trinajstić information content (AvgIpc) is 2.62. The Hall–Kier alpha value is -2.28. The van der Waals surface area contributed by atoms with E-state index >= 15 is 0 Å². The molecule has 0 saturated carbocycles. The quantitative estimate of drug-likeness (QED) is 0.843. The van der Waals surface area contributed by atoms with Gasteiger partial charge in [-0.15, -0.1) is 0 Å². The number of likely N-dealkylation sites (tertiary alicyclic amines) is 1. The molecule has 1 aromatic rings. The van der Waals surface area contributed by atoms with Crippen LogP contribution in [0.2, 0.25) is 5.02 Å². The maximum Gasteiger partial charge on any atom is 0.409 e. The van der Waals surface area contributed by atoms with E-state index in [1.54, 1.807) is 4.90 Å². The van der Waals surface area contributed by atoms with Crippen molar-refractivity contribution < 1.29 is 23.9 Å². The monoisotopic (exact) mass is 354 g/mol. The third-order valence-electron chi connectivity index (χ3n) is 3.94. The fraction of sp³-hybridized carbons (Fsp3) is 0.438. The smallest absolute Gasteiger partial charge is 0.409 e. The summed E-state index contributed by atoms with van der Waals surface area (Å²) in [7, 11) is 2.61. The molecule has 1 fully saturated rings. The van der Waals surface area contributed by atoms with Gasteiger partial charge >= 0.3 is 12.1 Å². The standard InChI is InChI=1S/C16H19ClN2O5/c1-23-15(21)11-3-4-12(17)13(9-11)18-14(20)10-5-7-19(8-6-10)16(22)24-2/h3-4,9-10H,5-8H2,1-2H3,(H,18,20). The molecule has 24 heavy (non-hydrogen) atoms. The second-order valence-corrected chi connectivity index (χ2v) is 5.81. The van der Waals surface area contributed by atoms with Crippen molar-refractivity contribution in [2.45, 2.75) is 12.8 Å². The number of carbonyl (C=O) groups is 3. The summed E-state index contributed by atoms with van der Waals surface area (Å²) in [5.74, 6) is -0.930. The third kappa shape index (κ3) is 4.17. The van der Waals surface area contributed by atoms with Crippen LogP contribution >= 0.6 is 11.6 Å². The number of piperidine rings is 1. The van der Waals surface area contributed by atoms with Gasteiger partial charge in [-0.25, -0.2) is 9.59 Å². The van der Waals surface area contributed by atoms with Gasteiger partial charge < -0.3 is 19.7 Å². The van der Waals surface area contributed by atoms with E-state index in [4.69, 9.17) is 11.6 Å². The molecule has 0 bridgehead atoms. The summed E-state index contributed by atoms with van der Waals surface area (Å²) in [4.78, 5) is 37.0. The van der Waals surface area contributed by atoms with Crippen LogP contribution in [0.15, 0.2) is 18.2 Å². The highest BCUT2D eigenvalue weighted by Crippen LogP contribution is 2.26. The first kappa shape index (κ1) is 18.1. The van der Waals surface area contributed by atoms with Crippen LogP contribution in [-0.2, 0) is 14.3 Å². The first-order valence-corrected chi connectivity index (χ1v) is 7.85. The molecule has 0 atom stereocenters. The van der Waals surface area contributed by atoms with E-state index in [-0.39, 0.29) is 17.9 Å². The molecule has 1 saturated heterocycles. The largest absolute Gasteiger partial charge is 0.465 e. The lowest BCUT2D eigenvalue weighted by molar-refractivity contribution is -0.121. The fourth-order valence-electron chi connectivity index (χ4n) is 2.55. The fourth-order valence-corrected chi connectivity index (χ4v) is 2.72. The topological polar surface area (TPSA) is 84.9 Å². The Morgan fingerprint density at radius 1 is 1.17 bits per heavy atom.